The molecule has 1 saturated heterocycles. The largest absolute Gasteiger partial charge is 0.376 e. The minimum absolute atomic E-state index is 0.0985. The van der Waals surface area contributed by atoms with E-state index in [2.05, 4.69) is 17.1 Å². The van der Waals surface area contributed by atoms with Gasteiger partial charge in [-0.15, -0.1) is 0 Å². The summed E-state index contributed by atoms with van der Waals surface area (Å²) >= 11 is 0. The lowest BCUT2D eigenvalue weighted by Crippen LogP contribution is -2.65. The highest BCUT2D eigenvalue weighted by Gasteiger charge is 2.42. The molecule has 26 heavy (non-hydrogen) atoms. The SMILES string of the molecule is CC1C(O)N(CCCn2ccnc2)C(CCc2ccccc2)C(=O)N1C. The number of aryl methyl sites for hydroxylation is 2. The number of aliphatic hydroxyl groups is 1. The molecule has 0 radical (unpaired) electrons. The van der Waals surface area contributed by atoms with Crippen LogP contribution in [0.5, 0.6) is 0 Å². The van der Waals surface area contributed by atoms with Gasteiger partial charge < -0.3 is 14.6 Å². The van der Waals surface area contributed by atoms with Crippen molar-refractivity contribution in [2.45, 2.75) is 51.0 Å². The lowest BCUT2D eigenvalue weighted by molar-refractivity contribution is -0.165. The molecule has 6 nitrogen and oxygen atoms in total. The van der Waals surface area contributed by atoms with Gasteiger partial charge in [0.15, 0.2) is 0 Å². The number of hydrogen-bond acceptors (Lipinski definition) is 4. The van der Waals surface area contributed by atoms with Gasteiger partial charge in [0, 0.05) is 32.5 Å². The van der Waals surface area contributed by atoms with E-state index in [-0.39, 0.29) is 18.0 Å². The van der Waals surface area contributed by atoms with Gasteiger partial charge in [-0.25, -0.2) is 4.98 Å². The number of piperazine rings is 1. The summed E-state index contributed by atoms with van der Waals surface area (Å²) in [5.41, 5.74) is 1.22. The highest BCUT2D eigenvalue weighted by atomic mass is 16.3. The van der Waals surface area contributed by atoms with Gasteiger partial charge in [-0.2, -0.15) is 0 Å². The van der Waals surface area contributed by atoms with Crippen LogP contribution in [0.1, 0.15) is 25.3 Å². The number of carbonyl (C=O) groups is 1. The number of aliphatic hydroxyl groups excluding tert-OH is 1. The minimum atomic E-state index is -0.638. The fourth-order valence-corrected chi connectivity index (χ4v) is 3.62. The summed E-state index contributed by atoms with van der Waals surface area (Å²) in [4.78, 5) is 20.6. The zero-order valence-electron chi connectivity index (χ0n) is 15.5. The lowest BCUT2D eigenvalue weighted by atomic mass is 9.98. The molecule has 0 aliphatic carbocycles. The van der Waals surface area contributed by atoms with Crippen LogP contribution in [0.15, 0.2) is 49.1 Å². The maximum Gasteiger partial charge on any atom is 0.240 e. The molecule has 140 valence electrons. The van der Waals surface area contributed by atoms with Crippen LogP contribution in [-0.4, -0.2) is 62.3 Å². The zero-order valence-corrected chi connectivity index (χ0v) is 15.5. The molecule has 1 N–H and O–H groups in total. The first-order chi connectivity index (χ1) is 12.6. The van der Waals surface area contributed by atoms with Crippen molar-refractivity contribution in [2.75, 3.05) is 13.6 Å². The Labute approximate surface area is 155 Å². The Kier molecular flexibility index (Phi) is 6.06. The van der Waals surface area contributed by atoms with Gasteiger partial charge in [0.2, 0.25) is 5.91 Å². The number of benzene rings is 1. The maximum absolute atomic E-state index is 12.9. The molecule has 1 aromatic carbocycles. The Balaban J connectivity index is 1.67. The van der Waals surface area contributed by atoms with E-state index in [1.54, 1.807) is 24.5 Å². The van der Waals surface area contributed by atoms with Crippen molar-refractivity contribution < 1.29 is 9.90 Å². The van der Waals surface area contributed by atoms with Gasteiger partial charge >= 0.3 is 0 Å². The molecule has 0 bridgehead atoms. The van der Waals surface area contributed by atoms with Crippen molar-refractivity contribution in [2.24, 2.45) is 0 Å². The van der Waals surface area contributed by atoms with Crippen molar-refractivity contribution in [3.8, 4) is 0 Å². The lowest BCUT2D eigenvalue weighted by Gasteiger charge is -2.46. The second-order valence-corrected chi connectivity index (χ2v) is 7.04. The maximum atomic E-state index is 12.9. The highest BCUT2D eigenvalue weighted by Crippen LogP contribution is 2.24. The average molecular weight is 356 g/mol. The van der Waals surface area contributed by atoms with E-state index >= 15 is 0 Å². The highest BCUT2D eigenvalue weighted by molar-refractivity contribution is 5.83. The van der Waals surface area contributed by atoms with Crippen molar-refractivity contribution >= 4 is 5.91 Å². The molecule has 3 unspecified atom stereocenters. The normalized spacial score (nSPS) is 24.2. The van der Waals surface area contributed by atoms with Crippen LogP contribution >= 0.6 is 0 Å². The molecule has 0 spiro atoms. The molecule has 1 amide bonds. The van der Waals surface area contributed by atoms with Crippen molar-refractivity contribution in [3.63, 3.8) is 0 Å². The standard InChI is InChI=1S/C20H28N4O2/c1-16-19(25)24(13-6-12-23-14-11-21-15-23)18(20(26)22(16)2)10-9-17-7-4-3-5-8-17/h3-5,7-8,11,14-16,18-19,25H,6,9-10,12-13H2,1-2H3. The van der Waals surface area contributed by atoms with Crippen molar-refractivity contribution in [3.05, 3.63) is 54.6 Å². The smallest absolute Gasteiger partial charge is 0.240 e. The third kappa shape index (κ3) is 4.14. The first-order valence-electron chi connectivity index (χ1n) is 9.28. The van der Waals surface area contributed by atoms with Gasteiger partial charge in [-0.3, -0.25) is 9.69 Å². The number of amides is 1. The van der Waals surface area contributed by atoms with Gasteiger partial charge in [0.1, 0.15) is 6.23 Å². The first kappa shape index (κ1) is 18.6. The summed E-state index contributed by atoms with van der Waals surface area (Å²) < 4.78 is 2.02. The van der Waals surface area contributed by atoms with Crippen LogP contribution in [0.3, 0.4) is 0 Å². The van der Waals surface area contributed by atoms with Crippen LogP contribution in [0, 0.1) is 0 Å². The van der Waals surface area contributed by atoms with E-state index in [1.807, 2.05) is 40.8 Å². The van der Waals surface area contributed by atoms with E-state index in [0.29, 0.717) is 13.0 Å². The molecular weight excluding hydrogens is 328 g/mol. The molecule has 1 aliphatic rings. The summed E-state index contributed by atoms with van der Waals surface area (Å²) in [5.74, 6) is 0.0985. The molecule has 2 aromatic rings. The molecule has 1 aliphatic heterocycles. The van der Waals surface area contributed by atoms with Crippen molar-refractivity contribution in [1.29, 1.82) is 0 Å². The first-order valence-corrected chi connectivity index (χ1v) is 9.28. The summed E-state index contributed by atoms with van der Waals surface area (Å²) in [7, 11) is 1.79. The summed E-state index contributed by atoms with van der Waals surface area (Å²) in [6, 6.07) is 9.71. The number of aromatic nitrogens is 2. The fourth-order valence-electron chi connectivity index (χ4n) is 3.62. The Morgan fingerprint density at radius 2 is 1.96 bits per heavy atom. The van der Waals surface area contributed by atoms with E-state index in [4.69, 9.17) is 0 Å². The topological polar surface area (TPSA) is 61.6 Å². The second-order valence-electron chi connectivity index (χ2n) is 7.04. The van der Waals surface area contributed by atoms with Gasteiger partial charge in [-0.05, 0) is 31.7 Å². The van der Waals surface area contributed by atoms with Crippen LogP contribution in [0.4, 0.5) is 0 Å². The third-order valence-electron chi connectivity index (χ3n) is 5.36. The number of likely N-dealkylation sites (N-methyl/N-ethyl adjacent to an activating group) is 1. The van der Waals surface area contributed by atoms with Crippen LogP contribution < -0.4 is 0 Å². The minimum Gasteiger partial charge on any atom is -0.376 e. The summed E-state index contributed by atoms with van der Waals surface area (Å²) in [6.07, 6.45) is 7.24. The molecule has 6 heteroatoms. The number of rotatable bonds is 7. The van der Waals surface area contributed by atoms with Gasteiger partial charge in [0.25, 0.3) is 0 Å². The quantitative estimate of drug-likeness (QED) is 0.821. The van der Waals surface area contributed by atoms with E-state index in [1.165, 1.54) is 5.56 Å². The molecule has 3 atom stereocenters. The zero-order chi connectivity index (χ0) is 18.5. The average Bonchev–Trinajstić information content (AvgIpc) is 3.18. The van der Waals surface area contributed by atoms with E-state index < -0.39 is 6.23 Å². The van der Waals surface area contributed by atoms with Gasteiger partial charge in [0.05, 0.1) is 18.4 Å². The predicted molar refractivity (Wildman–Crippen MR) is 100 cm³/mol. The number of imidazole rings is 1. The van der Waals surface area contributed by atoms with Crippen LogP contribution in [0.25, 0.3) is 0 Å². The summed E-state index contributed by atoms with van der Waals surface area (Å²) in [6.45, 7) is 3.41. The van der Waals surface area contributed by atoms with E-state index in [0.717, 1.165) is 19.4 Å². The Bertz CT molecular complexity index is 689. The van der Waals surface area contributed by atoms with E-state index in [9.17, 15) is 9.90 Å². The predicted octanol–water partition coefficient (Wildman–Crippen LogP) is 1.76. The molecule has 3 rings (SSSR count). The number of hydrogen-bond donors (Lipinski definition) is 1. The Hall–Kier alpha value is -2.18. The molecule has 1 fully saturated rings. The molecule has 2 heterocycles. The number of nitrogens with zero attached hydrogens (tertiary/aromatic N) is 4. The van der Waals surface area contributed by atoms with Crippen LogP contribution in [-0.2, 0) is 17.8 Å². The summed E-state index contributed by atoms with van der Waals surface area (Å²) in [5, 5.41) is 10.8. The Morgan fingerprint density at radius 3 is 2.65 bits per heavy atom. The Morgan fingerprint density at radius 1 is 1.19 bits per heavy atom. The third-order valence-corrected chi connectivity index (χ3v) is 5.36. The fraction of sp³-hybridized carbons (Fsp3) is 0.500. The molecule has 1 aromatic heterocycles. The van der Waals surface area contributed by atoms with Crippen LogP contribution in [0.2, 0.25) is 0 Å². The molecule has 0 saturated carbocycles. The second kappa shape index (κ2) is 8.47. The van der Waals surface area contributed by atoms with Gasteiger partial charge in [-0.1, -0.05) is 30.3 Å². The monoisotopic (exact) mass is 356 g/mol. The molecular formula is C20H28N4O2. The number of carbonyl (C=O) groups excluding carboxylic acids is 1. The van der Waals surface area contributed by atoms with Crippen molar-refractivity contribution in [1.82, 2.24) is 19.4 Å².